The Morgan fingerprint density at radius 1 is 1.47 bits per heavy atom. The predicted octanol–water partition coefficient (Wildman–Crippen LogP) is -0.532. The Labute approximate surface area is 110 Å². The number of pyridine rings is 1. The van der Waals surface area contributed by atoms with Gasteiger partial charge < -0.3 is 10.7 Å². The van der Waals surface area contributed by atoms with E-state index in [-0.39, 0.29) is 5.91 Å². The molecule has 0 atom stereocenters. The van der Waals surface area contributed by atoms with Gasteiger partial charge in [-0.1, -0.05) is 0 Å². The molecule has 0 aromatic carbocycles. The molecule has 0 saturated heterocycles. The molecule has 8 nitrogen and oxygen atoms in total. The van der Waals surface area contributed by atoms with Gasteiger partial charge >= 0.3 is 0 Å². The van der Waals surface area contributed by atoms with Gasteiger partial charge in [-0.25, -0.2) is 15.8 Å². The maximum atomic E-state index is 11.9. The van der Waals surface area contributed by atoms with Gasteiger partial charge in [0, 0.05) is 31.8 Å². The number of aryl methyl sites for hydroxylation is 1. The lowest BCUT2D eigenvalue weighted by molar-refractivity contribution is 0.0954. The molecule has 100 valence electrons. The smallest absolute Gasteiger partial charge is 0.251 e. The number of hydrogen-bond acceptors (Lipinski definition) is 6. The minimum Gasteiger partial charge on any atom is -0.352 e. The van der Waals surface area contributed by atoms with Crippen LogP contribution in [0.3, 0.4) is 0 Å². The van der Waals surface area contributed by atoms with Crippen LogP contribution in [0.4, 0.5) is 5.82 Å². The van der Waals surface area contributed by atoms with Crippen molar-refractivity contribution in [3.8, 4) is 0 Å². The zero-order chi connectivity index (χ0) is 13.7. The summed E-state index contributed by atoms with van der Waals surface area (Å²) < 4.78 is 1.62. The van der Waals surface area contributed by atoms with Gasteiger partial charge in [0.2, 0.25) is 0 Å². The van der Waals surface area contributed by atoms with E-state index in [0.29, 0.717) is 30.2 Å². The molecular formula is C11H15N7O. The minimum atomic E-state index is -0.185. The lowest BCUT2D eigenvalue weighted by Crippen LogP contribution is -2.26. The van der Waals surface area contributed by atoms with Crippen molar-refractivity contribution in [2.75, 3.05) is 12.0 Å². The Balaban J connectivity index is 1.87. The molecule has 0 fully saturated rings. The topological polar surface area (TPSA) is 111 Å². The third kappa shape index (κ3) is 3.49. The van der Waals surface area contributed by atoms with Gasteiger partial charge in [0.25, 0.3) is 5.91 Å². The number of rotatable bonds is 5. The van der Waals surface area contributed by atoms with Crippen LogP contribution in [0, 0.1) is 0 Å². The quantitative estimate of drug-likeness (QED) is 0.493. The molecule has 0 bridgehead atoms. The van der Waals surface area contributed by atoms with Gasteiger partial charge in [-0.2, -0.15) is 5.10 Å². The van der Waals surface area contributed by atoms with E-state index in [1.807, 2.05) is 0 Å². The highest BCUT2D eigenvalue weighted by Crippen LogP contribution is 2.04. The second-order valence-electron chi connectivity index (χ2n) is 3.91. The Morgan fingerprint density at radius 2 is 2.32 bits per heavy atom. The fourth-order valence-corrected chi connectivity index (χ4v) is 1.54. The van der Waals surface area contributed by atoms with Crippen LogP contribution in [0.15, 0.2) is 24.7 Å². The van der Waals surface area contributed by atoms with Gasteiger partial charge in [-0.3, -0.25) is 9.48 Å². The maximum Gasteiger partial charge on any atom is 0.251 e. The molecule has 2 aromatic heterocycles. The highest BCUT2D eigenvalue weighted by Gasteiger charge is 2.06. The van der Waals surface area contributed by atoms with Crippen molar-refractivity contribution in [2.45, 2.75) is 6.42 Å². The average molecular weight is 261 g/mol. The van der Waals surface area contributed by atoms with E-state index in [2.05, 4.69) is 25.8 Å². The first-order chi connectivity index (χ1) is 9.19. The van der Waals surface area contributed by atoms with E-state index in [9.17, 15) is 4.79 Å². The third-order valence-corrected chi connectivity index (χ3v) is 2.45. The number of nitrogen functional groups attached to an aromatic ring is 1. The number of hydrogen-bond donors (Lipinski definition) is 3. The first-order valence-corrected chi connectivity index (χ1v) is 5.74. The standard InChI is InChI=1S/C11H15N7O/c1-18-7-15-9(17-18)3-5-14-11(19)8-2-4-13-10(6-8)16-12/h2,4,6-7H,3,5,12H2,1H3,(H,13,16)(H,14,19). The number of nitrogens with zero attached hydrogens (tertiary/aromatic N) is 4. The van der Waals surface area contributed by atoms with Crippen molar-refractivity contribution in [3.05, 3.63) is 36.0 Å². The molecule has 2 rings (SSSR count). The van der Waals surface area contributed by atoms with Gasteiger partial charge in [0.15, 0.2) is 5.82 Å². The van der Waals surface area contributed by atoms with Crippen molar-refractivity contribution >= 4 is 11.7 Å². The summed E-state index contributed by atoms with van der Waals surface area (Å²) in [5.74, 6) is 6.19. The molecule has 19 heavy (non-hydrogen) atoms. The number of carbonyl (C=O) groups is 1. The minimum absolute atomic E-state index is 0.185. The van der Waals surface area contributed by atoms with Crippen LogP contribution < -0.4 is 16.6 Å². The van der Waals surface area contributed by atoms with E-state index in [1.54, 1.807) is 30.2 Å². The maximum absolute atomic E-state index is 11.9. The second-order valence-corrected chi connectivity index (χ2v) is 3.91. The average Bonchev–Trinajstić information content (AvgIpc) is 2.84. The van der Waals surface area contributed by atoms with Crippen LogP contribution in [0.5, 0.6) is 0 Å². The van der Waals surface area contributed by atoms with Crippen molar-refractivity contribution in [3.63, 3.8) is 0 Å². The van der Waals surface area contributed by atoms with Gasteiger partial charge in [0.1, 0.15) is 12.1 Å². The highest BCUT2D eigenvalue weighted by atomic mass is 16.1. The SMILES string of the molecule is Cn1cnc(CCNC(=O)c2ccnc(NN)c2)n1. The first kappa shape index (κ1) is 13.0. The molecule has 0 aliphatic heterocycles. The number of nitrogens with two attached hydrogens (primary N) is 1. The van der Waals surface area contributed by atoms with Crippen LogP contribution in [-0.4, -0.2) is 32.2 Å². The van der Waals surface area contributed by atoms with E-state index >= 15 is 0 Å². The number of anilines is 1. The van der Waals surface area contributed by atoms with E-state index in [1.165, 1.54) is 6.20 Å². The fourth-order valence-electron chi connectivity index (χ4n) is 1.54. The van der Waals surface area contributed by atoms with E-state index in [0.717, 1.165) is 0 Å². The van der Waals surface area contributed by atoms with Crippen LogP contribution in [0.1, 0.15) is 16.2 Å². The molecule has 0 radical (unpaired) electrons. The highest BCUT2D eigenvalue weighted by molar-refractivity contribution is 5.94. The first-order valence-electron chi connectivity index (χ1n) is 5.74. The van der Waals surface area contributed by atoms with Crippen molar-refractivity contribution in [1.82, 2.24) is 25.1 Å². The van der Waals surface area contributed by atoms with E-state index < -0.39 is 0 Å². The number of carbonyl (C=O) groups excluding carboxylic acids is 1. The molecule has 2 heterocycles. The summed E-state index contributed by atoms with van der Waals surface area (Å²) in [5.41, 5.74) is 2.89. The summed E-state index contributed by atoms with van der Waals surface area (Å²) >= 11 is 0. The number of hydrazine groups is 1. The van der Waals surface area contributed by atoms with Gasteiger partial charge in [-0.05, 0) is 12.1 Å². The molecule has 0 spiro atoms. The van der Waals surface area contributed by atoms with Crippen LogP contribution in [-0.2, 0) is 13.5 Å². The van der Waals surface area contributed by atoms with Crippen molar-refractivity contribution < 1.29 is 4.79 Å². The molecule has 0 unspecified atom stereocenters. The fraction of sp³-hybridized carbons (Fsp3) is 0.273. The normalized spacial score (nSPS) is 10.2. The zero-order valence-electron chi connectivity index (χ0n) is 10.5. The number of aromatic nitrogens is 4. The lowest BCUT2D eigenvalue weighted by Gasteiger charge is -2.05. The molecule has 2 aromatic rings. The Hall–Kier alpha value is -2.48. The lowest BCUT2D eigenvalue weighted by atomic mass is 10.2. The molecule has 1 amide bonds. The molecule has 0 aliphatic rings. The van der Waals surface area contributed by atoms with Crippen LogP contribution >= 0.6 is 0 Å². The van der Waals surface area contributed by atoms with Crippen LogP contribution in [0.25, 0.3) is 0 Å². The Kier molecular flexibility index (Phi) is 4.04. The third-order valence-electron chi connectivity index (χ3n) is 2.45. The molecule has 0 aliphatic carbocycles. The summed E-state index contributed by atoms with van der Waals surface area (Å²) in [6, 6.07) is 3.20. The zero-order valence-corrected chi connectivity index (χ0v) is 10.5. The number of nitrogens with one attached hydrogen (secondary N) is 2. The van der Waals surface area contributed by atoms with Crippen LogP contribution in [0.2, 0.25) is 0 Å². The van der Waals surface area contributed by atoms with Gasteiger partial charge in [-0.15, -0.1) is 0 Å². The molecule has 0 saturated carbocycles. The monoisotopic (exact) mass is 261 g/mol. The second kappa shape index (κ2) is 5.91. The van der Waals surface area contributed by atoms with Crippen molar-refractivity contribution in [1.29, 1.82) is 0 Å². The summed E-state index contributed by atoms with van der Waals surface area (Å²) in [6.07, 6.45) is 3.73. The predicted molar refractivity (Wildman–Crippen MR) is 69.1 cm³/mol. The van der Waals surface area contributed by atoms with Gasteiger partial charge in [0.05, 0.1) is 0 Å². The number of amides is 1. The van der Waals surface area contributed by atoms with E-state index in [4.69, 9.17) is 5.84 Å². The summed E-state index contributed by atoms with van der Waals surface area (Å²) in [4.78, 5) is 19.9. The molecule has 8 heteroatoms. The van der Waals surface area contributed by atoms with Crippen molar-refractivity contribution in [2.24, 2.45) is 12.9 Å². The molecule has 4 N–H and O–H groups in total. The Morgan fingerprint density at radius 3 is 3.00 bits per heavy atom. The molecular weight excluding hydrogens is 246 g/mol. The largest absolute Gasteiger partial charge is 0.352 e. The summed E-state index contributed by atoms with van der Waals surface area (Å²) in [7, 11) is 1.80. The Bertz CT molecular complexity index is 566. The summed E-state index contributed by atoms with van der Waals surface area (Å²) in [5, 5.41) is 6.91. The summed E-state index contributed by atoms with van der Waals surface area (Å²) in [6.45, 7) is 0.469.